The molecule has 0 unspecified atom stereocenters. The SMILES string of the molecule is O=C(NCc1nc(Cc2cccs2)no1)c1ccnc(-n2cnnc2)c1. The molecule has 0 aliphatic carbocycles. The summed E-state index contributed by atoms with van der Waals surface area (Å²) in [5.74, 6) is 1.24. The Bertz CT molecular complexity index is 995. The van der Waals surface area contributed by atoms with Gasteiger partial charge in [-0.15, -0.1) is 21.5 Å². The molecule has 9 nitrogen and oxygen atoms in total. The number of nitrogens with zero attached hydrogens (tertiary/aromatic N) is 6. The van der Waals surface area contributed by atoms with Crippen LogP contribution in [-0.4, -0.2) is 35.8 Å². The zero-order valence-corrected chi connectivity index (χ0v) is 14.3. The van der Waals surface area contributed by atoms with E-state index in [2.05, 4.69) is 30.6 Å². The van der Waals surface area contributed by atoms with E-state index in [0.29, 0.717) is 29.5 Å². The Labute approximate surface area is 151 Å². The first-order chi connectivity index (χ1) is 12.8. The lowest BCUT2D eigenvalue weighted by Crippen LogP contribution is -2.23. The van der Waals surface area contributed by atoms with E-state index >= 15 is 0 Å². The smallest absolute Gasteiger partial charge is 0.251 e. The lowest BCUT2D eigenvalue weighted by atomic mass is 10.2. The molecule has 26 heavy (non-hydrogen) atoms. The van der Waals surface area contributed by atoms with Crippen LogP contribution in [0.15, 0.2) is 53.0 Å². The van der Waals surface area contributed by atoms with Crippen LogP contribution in [0.3, 0.4) is 0 Å². The molecule has 10 heteroatoms. The number of hydrogen-bond donors (Lipinski definition) is 1. The van der Waals surface area contributed by atoms with Gasteiger partial charge in [0.25, 0.3) is 5.91 Å². The van der Waals surface area contributed by atoms with Gasteiger partial charge in [0.2, 0.25) is 5.89 Å². The third-order valence-corrected chi connectivity index (χ3v) is 4.39. The van der Waals surface area contributed by atoms with Crippen LogP contribution in [0.25, 0.3) is 5.82 Å². The highest BCUT2D eigenvalue weighted by molar-refractivity contribution is 7.09. The van der Waals surface area contributed by atoms with Gasteiger partial charge in [0, 0.05) is 23.1 Å². The van der Waals surface area contributed by atoms with Gasteiger partial charge >= 0.3 is 0 Å². The van der Waals surface area contributed by atoms with Gasteiger partial charge in [0.05, 0.1) is 6.54 Å². The largest absolute Gasteiger partial charge is 0.343 e. The van der Waals surface area contributed by atoms with Crippen molar-refractivity contribution in [3.63, 3.8) is 0 Å². The number of aromatic nitrogens is 6. The highest BCUT2D eigenvalue weighted by Gasteiger charge is 2.11. The van der Waals surface area contributed by atoms with Crippen molar-refractivity contribution >= 4 is 17.2 Å². The van der Waals surface area contributed by atoms with Crippen LogP contribution >= 0.6 is 11.3 Å². The summed E-state index contributed by atoms with van der Waals surface area (Å²) in [6, 6.07) is 7.26. The Kier molecular flexibility index (Phi) is 4.48. The van der Waals surface area contributed by atoms with E-state index in [1.807, 2.05) is 17.5 Å². The molecule has 0 saturated carbocycles. The molecule has 4 aromatic rings. The van der Waals surface area contributed by atoms with Crippen molar-refractivity contribution < 1.29 is 9.32 Å². The molecule has 0 aliphatic rings. The minimum atomic E-state index is -0.264. The van der Waals surface area contributed by atoms with Crippen LogP contribution in [0.2, 0.25) is 0 Å². The zero-order valence-electron chi connectivity index (χ0n) is 13.4. The van der Waals surface area contributed by atoms with Crippen molar-refractivity contribution in [2.45, 2.75) is 13.0 Å². The van der Waals surface area contributed by atoms with Gasteiger partial charge in [-0.1, -0.05) is 11.2 Å². The number of carbonyl (C=O) groups excluding carboxylic acids is 1. The summed E-state index contributed by atoms with van der Waals surface area (Å²) in [6.45, 7) is 0.153. The van der Waals surface area contributed by atoms with E-state index in [1.165, 1.54) is 12.7 Å². The van der Waals surface area contributed by atoms with Crippen LogP contribution < -0.4 is 5.32 Å². The third kappa shape index (κ3) is 3.64. The van der Waals surface area contributed by atoms with Crippen LogP contribution in [0, 0.1) is 0 Å². The molecule has 1 N–H and O–H groups in total. The Morgan fingerprint density at radius 2 is 2.15 bits per heavy atom. The van der Waals surface area contributed by atoms with Gasteiger partial charge in [-0.25, -0.2) is 4.98 Å². The molecule has 0 aliphatic heterocycles. The molecular formula is C16H13N7O2S. The average Bonchev–Trinajstić information content (AvgIpc) is 3.43. The monoisotopic (exact) mass is 367 g/mol. The topological polar surface area (TPSA) is 112 Å². The fraction of sp³-hybridized carbons (Fsp3) is 0.125. The number of rotatable bonds is 6. The number of amides is 1. The van der Waals surface area contributed by atoms with Gasteiger partial charge in [-0.2, -0.15) is 4.98 Å². The van der Waals surface area contributed by atoms with Gasteiger partial charge in [-0.05, 0) is 23.6 Å². The Balaban J connectivity index is 1.38. The molecule has 0 radical (unpaired) electrons. The normalized spacial score (nSPS) is 10.8. The standard InChI is InChI=1S/C16H13N7O2S/c24-16(11-3-4-17-14(6-11)23-9-19-20-10-23)18-8-15-21-13(22-25-15)7-12-2-1-5-26-12/h1-6,9-10H,7-8H2,(H,18,24). The van der Waals surface area contributed by atoms with Gasteiger partial charge in [0.15, 0.2) is 5.82 Å². The maximum Gasteiger partial charge on any atom is 0.251 e. The van der Waals surface area contributed by atoms with Crippen molar-refractivity contribution in [2.24, 2.45) is 0 Å². The molecule has 0 bridgehead atoms. The number of pyridine rings is 1. The van der Waals surface area contributed by atoms with Crippen LogP contribution in [0.1, 0.15) is 27.0 Å². The summed E-state index contributed by atoms with van der Waals surface area (Å²) in [6.07, 6.45) is 5.19. The molecule has 130 valence electrons. The third-order valence-electron chi connectivity index (χ3n) is 3.51. The van der Waals surface area contributed by atoms with E-state index in [-0.39, 0.29) is 12.5 Å². The molecular weight excluding hydrogens is 354 g/mol. The van der Waals surface area contributed by atoms with Crippen molar-refractivity contribution in [3.8, 4) is 5.82 Å². The van der Waals surface area contributed by atoms with Gasteiger partial charge in [-0.3, -0.25) is 9.36 Å². The number of nitrogens with one attached hydrogen (secondary N) is 1. The second-order valence-electron chi connectivity index (χ2n) is 5.32. The molecule has 0 aromatic carbocycles. The Morgan fingerprint density at radius 3 is 2.96 bits per heavy atom. The van der Waals surface area contributed by atoms with E-state index in [0.717, 1.165) is 4.88 Å². The quantitative estimate of drug-likeness (QED) is 0.551. The van der Waals surface area contributed by atoms with Crippen LogP contribution in [0.5, 0.6) is 0 Å². The first-order valence-corrected chi connectivity index (χ1v) is 8.59. The minimum absolute atomic E-state index is 0.153. The van der Waals surface area contributed by atoms with E-state index in [4.69, 9.17) is 4.52 Å². The maximum absolute atomic E-state index is 12.3. The molecule has 0 atom stereocenters. The predicted molar refractivity (Wildman–Crippen MR) is 91.7 cm³/mol. The molecule has 4 heterocycles. The number of thiophene rings is 1. The number of carbonyl (C=O) groups is 1. The van der Waals surface area contributed by atoms with Crippen molar-refractivity contribution in [1.29, 1.82) is 0 Å². The van der Waals surface area contributed by atoms with Crippen LogP contribution in [-0.2, 0) is 13.0 Å². The fourth-order valence-corrected chi connectivity index (χ4v) is 2.98. The average molecular weight is 367 g/mol. The van der Waals surface area contributed by atoms with E-state index in [9.17, 15) is 4.79 Å². The van der Waals surface area contributed by atoms with Crippen molar-refractivity contribution in [3.05, 3.63) is 70.7 Å². The molecule has 4 aromatic heterocycles. The predicted octanol–water partition coefficient (Wildman–Crippen LogP) is 1.63. The highest BCUT2D eigenvalue weighted by atomic mass is 32.1. The second kappa shape index (κ2) is 7.23. The first-order valence-electron chi connectivity index (χ1n) is 7.71. The van der Waals surface area contributed by atoms with Crippen LogP contribution in [0.4, 0.5) is 0 Å². The lowest BCUT2D eigenvalue weighted by molar-refractivity contribution is 0.0946. The second-order valence-corrected chi connectivity index (χ2v) is 6.35. The van der Waals surface area contributed by atoms with Crippen molar-refractivity contribution in [1.82, 2.24) is 35.2 Å². The summed E-state index contributed by atoms with van der Waals surface area (Å²) in [5.41, 5.74) is 0.460. The molecule has 1 amide bonds. The van der Waals surface area contributed by atoms with E-state index in [1.54, 1.807) is 34.2 Å². The first kappa shape index (κ1) is 16.1. The molecule has 0 spiro atoms. The Morgan fingerprint density at radius 1 is 1.27 bits per heavy atom. The summed E-state index contributed by atoms with van der Waals surface area (Å²) in [5, 5.41) is 16.1. The lowest BCUT2D eigenvalue weighted by Gasteiger charge is -2.04. The summed E-state index contributed by atoms with van der Waals surface area (Å²) < 4.78 is 6.79. The maximum atomic E-state index is 12.3. The summed E-state index contributed by atoms with van der Waals surface area (Å²) in [4.78, 5) is 22.0. The van der Waals surface area contributed by atoms with E-state index < -0.39 is 0 Å². The molecule has 0 saturated heterocycles. The van der Waals surface area contributed by atoms with Gasteiger partial charge in [0.1, 0.15) is 18.5 Å². The number of hydrogen-bond acceptors (Lipinski definition) is 8. The Hall–Kier alpha value is -3.40. The zero-order chi connectivity index (χ0) is 17.8. The molecule has 4 rings (SSSR count). The fourth-order valence-electron chi connectivity index (χ4n) is 2.28. The van der Waals surface area contributed by atoms with Gasteiger partial charge < -0.3 is 9.84 Å². The minimum Gasteiger partial charge on any atom is -0.343 e. The summed E-state index contributed by atoms with van der Waals surface area (Å²) in [7, 11) is 0. The summed E-state index contributed by atoms with van der Waals surface area (Å²) >= 11 is 1.63. The van der Waals surface area contributed by atoms with Crippen molar-refractivity contribution in [2.75, 3.05) is 0 Å². The molecule has 0 fully saturated rings. The highest BCUT2D eigenvalue weighted by Crippen LogP contribution is 2.13.